The number of aliphatic hydroxyl groups excluding tert-OH is 1. The average Bonchev–Trinajstić information content (AvgIpc) is 2.38. The first kappa shape index (κ1) is 15.5. The molecule has 2 atom stereocenters. The summed E-state index contributed by atoms with van der Waals surface area (Å²) < 4.78 is 26.4. The van der Waals surface area contributed by atoms with Gasteiger partial charge in [-0.2, -0.15) is 0 Å². The summed E-state index contributed by atoms with van der Waals surface area (Å²) in [4.78, 5) is 11.4. The van der Waals surface area contributed by atoms with Crippen molar-refractivity contribution in [3.05, 3.63) is 35.4 Å². The highest BCUT2D eigenvalue weighted by Gasteiger charge is 2.17. The molecular weight excluding hydrogens is 254 g/mol. The Morgan fingerprint density at radius 2 is 2.11 bits per heavy atom. The minimum atomic E-state index is -1.22. The zero-order valence-corrected chi connectivity index (χ0v) is 10.9. The molecule has 0 fully saturated rings. The lowest BCUT2D eigenvalue weighted by molar-refractivity contribution is -0.122. The van der Waals surface area contributed by atoms with Gasteiger partial charge in [0.1, 0.15) is 11.6 Å². The fraction of sp³-hybridized carbons (Fsp3) is 0.462. The van der Waals surface area contributed by atoms with Crippen molar-refractivity contribution in [2.24, 2.45) is 0 Å². The van der Waals surface area contributed by atoms with Crippen LogP contribution < -0.4 is 10.6 Å². The Kier molecular flexibility index (Phi) is 5.85. The molecule has 0 radical (unpaired) electrons. The number of halogens is 2. The van der Waals surface area contributed by atoms with Gasteiger partial charge >= 0.3 is 0 Å². The minimum Gasteiger partial charge on any atom is -0.387 e. The molecule has 0 aliphatic carbocycles. The van der Waals surface area contributed by atoms with E-state index in [0.717, 1.165) is 18.2 Å². The average molecular weight is 272 g/mol. The predicted octanol–water partition coefficient (Wildman–Crippen LogP) is 1.11. The molecule has 4 nitrogen and oxygen atoms in total. The van der Waals surface area contributed by atoms with E-state index in [9.17, 15) is 18.7 Å². The van der Waals surface area contributed by atoms with E-state index in [0.29, 0.717) is 6.54 Å². The van der Waals surface area contributed by atoms with Gasteiger partial charge in [0.15, 0.2) is 0 Å². The maximum Gasteiger partial charge on any atom is 0.236 e. The Labute approximate surface area is 110 Å². The molecule has 0 spiro atoms. The molecule has 0 aromatic heterocycles. The quantitative estimate of drug-likeness (QED) is 0.727. The Hall–Kier alpha value is -1.53. The third-order valence-corrected chi connectivity index (χ3v) is 2.68. The van der Waals surface area contributed by atoms with E-state index in [4.69, 9.17) is 0 Å². The molecule has 6 heteroatoms. The van der Waals surface area contributed by atoms with E-state index >= 15 is 0 Å². The van der Waals surface area contributed by atoms with Gasteiger partial charge in [0, 0.05) is 18.7 Å². The van der Waals surface area contributed by atoms with Crippen molar-refractivity contribution in [3.8, 4) is 0 Å². The number of amides is 1. The topological polar surface area (TPSA) is 61.4 Å². The Morgan fingerprint density at radius 1 is 1.42 bits per heavy atom. The molecule has 0 saturated heterocycles. The molecule has 0 saturated carbocycles. The van der Waals surface area contributed by atoms with Crippen LogP contribution in [0.25, 0.3) is 0 Å². The maximum atomic E-state index is 13.4. The number of carbonyl (C=O) groups is 1. The van der Waals surface area contributed by atoms with Gasteiger partial charge in [0.2, 0.25) is 5.91 Å². The number of aliphatic hydroxyl groups is 1. The molecule has 0 aliphatic heterocycles. The van der Waals surface area contributed by atoms with Crippen LogP contribution in [0.5, 0.6) is 0 Å². The van der Waals surface area contributed by atoms with Crippen LogP contribution >= 0.6 is 0 Å². The fourth-order valence-electron chi connectivity index (χ4n) is 1.59. The highest BCUT2D eigenvalue weighted by Crippen LogP contribution is 2.17. The number of nitrogens with one attached hydrogen (secondary N) is 2. The van der Waals surface area contributed by atoms with Gasteiger partial charge in [-0.15, -0.1) is 0 Å². The number of rotatable bonds is 6. The van der Waals surface area contributed by atoms with E-state index < -0.39 is 23.8 Å². The van der Waals surface area contributed by atoms with Gasteiger partial charge in [0.25, 0.3) is 0 Å². The largest absolute Gasteiger partial charge is 0.387 e. The van der Waals surface area contributed by atoms with Crippen molar-refractivity contribution in [2.45, 2.75) is 26.0 Å². The number of hydrogen-bond donors (Lipinski definition) is 3. The van der Waals surface area contributed by atoms with E-state index in [1.54, 1.807) is 13.8 Å². The van der Waals surface area contributed by atoms with Crippen LogP contribution in [-0.4, -0.2) is 30.1 Å². The van der Waals surface area contributed by atoms with Crippen LogP contribution in [0.4, 0.5) is 8.78 Å². The van der Waals surface area contributed by atoms with E-state index in [1.165, 1.54) is 0 Å². The van der Waals surface area contributed by atoms with E-state index in [2.05, 4.69) is 10.6 Å². The summed E-state index contributed by atoms with van der Waals surface area (Å²) in [6.07, 6.45) is -1.22. The maximum absolute atomic E-state index is 13.4. The van der Waals surface area contributed by atoms with Crippen LogP contribution in [0, 0.1) is 11.6 Å². The Morgan fingerprint density at radius 3 is 2.74 bits per heavy atom. The lowest BCUT2D eigenvalue weighted by Gasteiger charge is -2.17. The first-order valence-electron chi connectivity index (χ1n) is 6.09. The Bertz CT molecular complexity index is 441. The van der Waals surface area contributed by atoms with Crippen LogP contribution in [0.3, 0.4) is 0 Å². The lowest BCUT2D eigenvalue weighted by atomic mass is 10.1. The van der Waals surface area contributed by atoms with Gasteiger partial charge < -0.3 is 15.7 Å². The SMILES string of the molecule is CCNC(=O)C(C)NCC(O)c1cc(F)ccc1F. The van der Waals surface area contributed by atoms with E-state index in [1.807, 2.05) is 0 Å². The third-order valence-electron chi connectivity index (χ3n) is 2.68. The summed E-state index contributed by atoms with van der Waals surface area (Å²) in [5.41, 5.74) is -0.129. The van der Waals surface area contributed by atoms with Crippen LogP contribution in [0.2, 0.25) is 0 Å². The highest BCUT2D eigenvalue weighted by atomic mass is 19.1. The standard InChI is InChI=1S/C13H18F2N2O2/c1-3-16-13(19)8(2)17-7-12(18)10-6-9(14)4-5-11(10)15/h4-6,8,12,17-18H,3,7H2,1-2H3,(H,16,19). The second kappa shape index (κ2) is 7.16. The smallest absolute Gasteiger partial charge is 0.236 e. The zero-order valence-electron chi connectivity index (χ0n) is 10.9. The van der Waals surface area contributed by atoms with Crippen molar-refractivity contribution in [2.75, 3.05) is 13.1 Å². The van der Waals surface area contributed by atoms with Crippen LogP contribution in [0.1, 0.15) is 25.5 Å². The molecule has 1 rings (SSSR count). The third kappa shape index (κ3) is 4.57. The molecular formula is C13H18F2N2O2. The number of hydrogen-bond acceptors (Lipinski definition) is 3. The summed E-state index contributed by atoms with van der Waals surface area (Å²) in [7, 11) is 0. The number of carbonyl (C=O) groups excluding carboxylic acids is 1. The normalized spacial score (nSPS) is 13.9. The molecule has 1 amide bonds. The van der Waals surface area contributed by atoms with Gasteiger partial charge in [-0.25, -0.2) is 8.78 Å². The van der Waals surface area contributed by atoms with Crippen LogP contribution in [0.15, 0.2) is 18.2 Å². The lowest BCUT2D eigenvalue weighted by Crippen LogP contribution is -2.43. The predicted molar refractivity (Wildman–Crippen MR) is 67.5 cm³/mol. The molecule has 19 heavy (non-hydrogen) atoms. The molecule has 1 aromatic carbocycles. The van der Waals surface area contributed by atoms with Crippen molar-refractivity contribution in [3.63, 3.8) is 0 Å². The molecule has 2 unspecified atom stereocenters. The summed E-state index contributed by atoms with van der Waals surface area (Å²) in [5.74, 6) is -1.51. The van der Waals surface area contributed by atoms with E-state index in [-0.39, 0.29) is 18.0 Å². The summed E-state index contributed by atoms with van der Waals surface area (Å²) in [6, 6.07) is 2.36. The molecule has 106 valence electrons. The van der Waals surface area contributed by atoms with Crippen molar-refractivity contribution in [1.82, 2.24) is 10.6 Å². The number of benzene rings is 1. The molecule has 0 heterocycles. The molecule has 0 aliphatic rings. The second-order valence-electron chi connectivity index (χ2n) is 4.21. The van der Waals surface area contributed by atoms with Crippen molar-refractivity contribution >= 4 is 5.91 Å². The summed E-state index contributed by atoms with van der Waals surface area (Å²) in [5, 5.41) is 15.2. The second-order valence-corrected chi connectivity index (χ2v) is 4.21. The van der Waals surface area contributed by atoms with Crippen LogP contribution in [-0.2, 0) is 4.79 Å². The van der Waals surface area contributed by atoms with Crippen molar-refractivity contribution in [1.29, 1.82) is 0 Å². The molecule has 0 bridgehead atoms. The molecule has 3 N–H and O–H groups in total. The zero-order chi connectivity index (χ0) is 14.4. The summed E-state index contributed by atoms with van der Waals surface area (Å²) >= 11 is 0. The highest BCUT2D eigenvalue weighted by molar-refractivity contribution is 5.81. The van der Waals surface area contributed by atoms with Gasteiger partial charge in [-0.05, 0) is 32.0 Å². The van der Waals surface area contributed by atoms with Gasteiger partial charge in [-0.1, -0.05) is 0 Å². The summed E-state index contributed by atoms with van der Waals surface area (Å²) in [6.45, 7) is 3.88. The van der Waals surface area contributed by atoms with Crippen molar-refractivity contribution < 1.29 is 18.7 Å². The minimum absolute atomic E-state index is 0.0430. The fourth-order valence-corrected chi connectivity index (χ4v) is 1.59. The Balaban J connectivity index is 2.57. The van der Waals surface area contributed by atoms with Gasteiger partial charge in [-0.3, -0.25) is 4.79 Å². The monoisotopic (exact) mass is 272 g/mol. The first-order valence-corrected chi connectivity index (χ1v) is 6.09. The first-order chi connectivity index (χ1) is 8.95. The molecule has 1 aromatic rings. The van der Waals surface area contributed by atoms with Gasteiger partial charge in [0.05, 0.1) is 12.1 Å². The number of likely N-dealkylation sites (N-methyl/N-ethyl adjacent to an activating group) is 1.